The number of rotatable bonds is 3. The van der Waals surface area contributed by atoms with Gasteiger partial charge in [0.2, 0.25) is 0 Å². The number of halogens is 2. The molecule has 0 radical (unpaired) electrons. The fourth-order valence-electron chi connectivity index (χ4n) is 7.31. The van der Waals surface area contributed by atoms with Crippen LogP contribution in [-0.4, -0.2) is 61.9 Å². The molecule has 1 aromatic rings. The van der Waals surface area contributed by atoms with Gasteiger partial charge in [0.15, 0.2) is 0 Å². The lowest BCUT2D eigenvalue weighted by atomic mass is 9.53. The zero-order chi connectivity index (χ0) is 22.1. The summed E-state index contributed by atoms with van der Waals surface area (Å²) in [4.78, 5) is 17.7. The predicted octanol–water partition coefficient (Wildman–Crippen LogP) is 4.64. The quantitative estimate of drug-likeness (QED) is 0.467. The van der Waals surface area contributed by atoms with Crippen molar-refractivity contribution in [2.45, 2.75) is 50.7 Å². The van der Waals surface area contributed by atoms with Crippen molar-refractivity contribution < 1.29 is 14.3 Å². The number of nitrogens with zero attached hydrogens (tertiary/aromatic N) is 2. The summed E-state index contributed by atoms with van der Waals surface area (Å²) in [6.45, 7) is 7.87. The Morgan fingerprint density at radius 1 is 1.12 bits per heavy atom. The van der Waals surface area contributed by atoms with Gasteiger partial charge in [0.05, 0.1) is 28.2 Å². The Morgan fingerprint density at radius 2 is 1.91 bits per heavy atom. The minimum atomic E-state index is -0.00111. The van der Waals surface area contributed by atoms with Crippen LogP contribution in [0.1, 0.15) is 39.0 Å². The van der Waals surface area contributed by atoms with Crippen molar-refractivity contribution in [3.8, 4) is 0 Å². The minimum absolute atomic E-state index is 0.00111. The number of benzene rings is 1. The van der Waals surface area contributed by atoms with Crippen LogP contribution in [0.3, 0.4) is 0 Å². The molecular formula is C25H32Cl2N2O3. The fraction of sp³-hybridized carbons (Fsp3) is 0.720. The Morgan fingerprint density at radius 3 is 2.62 bits per heavy atom. The Balaban J connectivity index is 1.11. The summed E-state index contributed by atoms with van der Waals surface area (Å²) in [5.41, 5.74) is 1.48. The van der Waals surface area contributed by atoms with Gasteiger partial charge in [0, 0.05) is 44.3 Å². The number of anilines is 1. The van der Waals surface area contributed by atoms with Crippen LogP contribution < -0.4 is 4.90 Å². The van der Waals surface area contributed by atoms with Crippen LogP contribution in [0.4, 0.5) is 5.69 Å². The molecule has 1 spiro atoms. The summed E-state index contributed by atoms with van der Waals surface area (Å²) >= 11 is 12.3. The SMILES string of the molecule is C[C@]12CCC[C@]3(CO3)[C@@H]1C[C@@H]1[C@H](CN3CCN(c4ccc(Cl)c(Cl)c4)CC3)C(=O)O[C@@H]1C2. The highest BCUT2D eigenvalue weighted by atomic mass is 35.5. The van der Waals surface area contributed by atoms with Crippen molar-refractivity contribution in [3.05, 3.63) is 28.2 Å². The molecule has 0 amide bonds. The van der Waals surface area contributed by atoms with Crippen LogP contribution in [0, 0.1) is 23.2 Å². The molecule has 0 bridgehead atoms. The molecule has 5 fully saturated rings. The summed E-state index contributed by atoms with van der Waals surface area (Å²) in [5.74, 6) is 0.945. The first-order valence-electron chi connectivity index (χ1n) is 12.1. The molecule has 2 saturated carbocycles. The van der Waals surface area contributed by atoms with Gasteiger partial charge in [-0.25, -0.2) is 0 Å². The Labute approximate surface area is 200 Å². The zero-order valence-electron chi connectivity index (χ0n) is 18.7. The normalized spacial score (nSPS) is 41.3. The topological polar surface area (TPSA) is 45.3 Å². The van der Waals surface area contributed by atoms with E-state index in [9.17, 15) is 4.79 Å². The molecule has 6 rings (SSSR count). The van der Waals surface area contributed by atoms with Crippen LogP contribution in [0.15, 0.2) is 18.2 Å². The number of hydrogen-bond acceptors (Lipinski definition) is 5. The standard InChI is InChI=1S/C25H32Cl2N2O3/c1-24-5-2-6-25(15-31-25)22(24)12-17-18(23(30)32-21(17)13-24)14-28-7-9-29(10-8-28)16-3-4-19(26)20(27)11-16/h3-4,11,17-18,21-22H,2,5-10,12-15H2,1H3/t17-,18+,21-,22-,24-,25+/m1/s1. The van der Waals surface area contributed by atoms with Crippen LogP contribution in [0.2, 0.25) is 10.0 Å². The van der Waals surface area contributed by atoms with Crippen LogP contribution >= 0.6 is 23.2 Å². The second-order valence-corrected chi connectivity index (χ2v) is 11.8. The third-order valence-electron chi connectivity index (χ3n) is 9.17. The van der Waals surface area contributed by atoms with E-state index in [0.717, 1.165) is 57.9 Å². The van der Waals surface area contributed by atoms with E-state index < -0.39 is 0 Å². The van der Waals surface area contributed by atoms with Gasteiger partial charge in [-0.2, -0.15) is 0 Å². The molecule has 6 atom stereocenters. The Kier molecular flexibility index (Phi) is 5.22. The van der Waals surface area contributed by atoms with Gasteiger partial charge < -0.3 is 14.4 Å². The van der Waals surface area contributed by atoms with Gasteiger partial charge in [-0.05, 0) is 61.6 Å². The van der Waals surface area contributed by atoms with E-state index in [1.807, 2.05) is 18.2 Å². The lowest BCUT2D eigenvalue weighted by Gasteiger charge is -2.51. The molecule has 5 nitrogen and oxygen atoms in total. The van der Waals surface area contributed by atoms with Crippen LogP contribution in [-0.2, 0) is 14.3 Å². The molecule has 2 aliphatic carbocycles. The third kappa shape index (κ3) is 3.55. The molecular weight excluding hydrogens is 447 g/mol. The second kappa shape index (κ2) is 7.76. The predicted molar refractivity (Wildman–Crippen MR) is 125 cm³/mol. The number of hydrogen-bond donors (Lipinski definition) is 0. The largest absolute Gasteiger partial charge is 0.462 e. The van der Waals surface area contributed by atoms with E-state index in [1.54, 1.807) is 0 Å². The van der Waals surface area contributed by atoms with Gasteiger partial charge in [0.1, 0.15) is 6.10 Å². The molecule has 3 aliphatic heterocycles. The summed E-state index contributed by atoms with van der Waals surface area (Å²) in [6.07, 6.45) is 5.87. The molecule has 0 aromatic heterocycles. The van der Waals surface area contributed by atoms with E-state index in [2.05, 4.69) is 16.7 Å². The van der Waals surface area contributed by atoms with Gasteiger partial charge in [-0.15, -0.1) is 0 Å². The number of carbonyl (C=O) groups is 1. The maximum Gasteiger partial charge on any atom is 0.310 e. The van der Waals surface area contributed by atoms with Gasteiger partial charge in [-0.1, -0.05) is 30.1 Å². The summed E-state index contributed by atoms with van der Waals surface area (Å²) in [6, 6.07) is 5.83. The van der Waals surface area contributed by atoms with Gasteiger partial charge in [-0.3, -0.25) is 9.69 Å². The first-order valence-corrected chi connectivity index (χ1v) is 12.9. The molecule has 1 aromatic carbocycles. The maximum atomic E-state index is 12.9. The zero-order valence-corrected chi connectivity index (χ0v) is 20.2. The highest BCUT2D eigenvalue weighted by Gasteiger charge is 2.65. The van der Waals surface area contributed by atoms with E-state index >= 15 is 0 Å². The van der Waals surface area contributed by atoms with Crippen molar-refractivity contribution in [3.63, 3.8) is 0 Å². The van der Waals surface area contributed by atoms with Crippen molar-refractivity contribution in [2.75, 3.05) is 44.2 Å². The van der Waals surface area contributed by atoms with Crippen molar-refractivity contribution in [1.29, 1.82) is 0 Å². The lowest BCUT2D eigenvalue weighted by Crippen LogP contribution is -2.52. The molecule has 174 valence electrons. The van der Waals surface area contributed by atoms with E-state index in [0.29, 0.717) is 21.9 Å². The van der Waals surface area contributed by atoms with Crippen molar-refractivity contribution in [2.24, 2.45) is 23.2 Å². The van der Waals surface area contributed by atoms with Crippen molar-refractivity contribution >= 4 is 34.9 Å². The third-order valence-corrected chi connectivity index (χ3v) is 9.91. The molecule has 0 unspecified atom stereocenters. The monoisotopic (exact) mass is 478 g/mol. The second-order valence-electron chi connectivity index (χ2n) is 11.0. The van der Waals surface area contributed by atoms with E-state index in [-0.39, 0.29) is 29.0 Å². The number of piperazine rings is 1. The Hall–Kier alpha value is -1.01. The molecule has 3 heterocycles. The van der Waals surface area contributed by atoms with Crippen molar-refractivity contribution in [1.82, 2.24) is 4.90 Å². The first kappa shape index (κ1) is 21.5. The maximum absolute atomic E-state index is 12.9. The lowest BCUT2D eigenvalue weighted by molar-refractivity contribution is -0.147. The first-order chi connectivity index (χ1) is 15.4. The summed E-state index contributed by atoms with van der Waals surface area (Å²) in [5, 5.41) is 1.18. The smallest absolute Gasteiger partial charge is 0.310 e. The highest BCUT2D eigenvalue weighted by molar-refractivity contribution is 6.42. The van der Waals surface area contributed by atoms with E-state index in [1.165, 1.54) is 19.3 Å². The molecule has 5 aliphatic rings. The molecule has 0 N–H and O–H groups in total. The number of esters is 1. The Bertz CT molecular complexity index is 914. The average molecular weight is 479 g/mol. The van der Waals surface area contributed by atoms with E-state index in [4.69, 9.17) is 32.7 Å². The van der Waals surface area contributed by atoms with Crippen LogP contribution in [0.25, 0.3) is 0 Å². The number of ether oxygens (including phenoxy) is 2. The van der Waals surface area contributed by atoms with Gasteiger partial charge in [0.25, 0.3) is 0 Å². The van der Waals surface area contributed by atoms with Gasteiger partial charge >= 0.3 is 5.97 Å². The minimum Gasteiger partial charge on any atom is -0.462 e. The number of epoxide rings is 1. The molecule has 7 heteroatoms. The highest BCUT2D eigenvalue weighted by Crippen LogP contribution is 2.62. The summed E-state index contributed by atoms with van der Waals surface area (Å²) in [7, 11) is 0. The number of carbonyl (C=O) groups excluding carboxylic acids is 1. The van der Waals surface area contributed by atoms with Crippen LogP contribution in [0.5, 0.6) is 0 Å². The molecule has 3 saturated heterocycles. The number of fused-ring (bicyclic) bond motifs is 3. The molecule has 32 heavy (non-hydrogen) atoms. The summed E-state index contributed by atoms with van der Waals surface area (Å²) < 4.78 is 12.0. The average Bonchev–Trinajstić information content (AvgIpc) is 3.47. The fourth-order valence-corrected chi connectivity index (χ4v) is 7.61.